The molecule has 2 aliphatic heterocycles. The predicted molar refractivity (Wildman–Crippen MR) is 125 cm³/mol. The van der Waals surface area contributed by atoms with Crippen LogP contribution < -0.4 is 5.32 Å². The van der Waals surface area contributed by atoms with E-state index in [4.69, 9.17) is 11.6 Å². The van der Waals surface area contributed by atoms with Crippen molar-refractivity contribution in [2.45, 2.75) is 56.0 Å². The SMILES string of the molecule is C[C@H](C(=O)Nc1cc(S(=O)(=O)N2CCCCC2)ccc1Cl)N1CCC[C@@H]1c1cccs1. The Kier molecular flexibility index (Phi) is 7.03. The molecule has 0 bridgehead atoms. The lowest BCUT2D eigenvalue weighted by Crippen LogP contribution is -2.41. The fourth-order valence-corrected chi connectivity index (χ4v) is 7.03. The highest BCUT2D eigenvalue weighted by atomic mass is 35.5. The Bertz CT molecular complexity index is 1020. The Morgan fingerprint density at radius 2 is 1.94 bits per heavy atom. The molecule has 9 heteroatoms. The maximum absolute atomic E-state index is 13.1. The Hall–Kier alpha value is -1.45. The van der Waals surface area contributed by atoms with Crippen molar-refractivity contribution in [3.05, 3.63) is 45.6 Å². The summed E-state index contributed by atoms with van der Waals surface area (Å²) in [5.41, 5.74) is 0.337. The van der Waals surface area contributed by atoms with Gasteiger partial charge < -0.3 is 5.32 Å². The number of thiophene rings is 1. The zero-order chi connectivity index (χ0) is 22.0. The van der Waals surface area contributed by atoms with Crippen molar-refractivity contribution >= 4 is 44.6 Å². The molecule has 2 aromatic rings. The van der Waals surface area contributed by atoms with Crippen molar-refractivity contribution in [3.8, 4) is 0 Å². The van der Waals surface area contributed by atoms with Gasteiger partial charge in [0.1, 0.15) is 0 Å². The summed E-state index contributed by atoms with van der Waals surface area (Å²) in [6, 6.07) is 8.58. The molecule has 0 spiro atoms. The molecule has 1 aromatic heterocycles. The summed E-state index contributed by atoms with van der Waals surface area (Å²) in [6.07, 6.45) is 4.87. The lowest BCUT2D eigenvalue weighted by Gasteiger charge is -2.29. The molecule has 1 aromatic carbocycles. The number of sulfonamides is 1. The van der Waals surface area contributed by atoms with Crippen LogP contribution in [0.15, 0.2) is 40.6 Å². The number of anilines is 1. The van der Waals surface area contributed by atoms with E-state index in [-0.39, 0.29) is 22.9 Å². The molecule has 1 amide bonds. The molecule has 2 atom stereocenters. The lowest BCUT2D eigenvalue weighted by molar-refractivity contribution is -0.121. The van der Waals surface area contributed by atoms with Crippen LogP contribution in [0.2, 0.25) is 5.02 Å². The number of piperidine rings is 1. The summed E-state index contributed by atoms with van der Waals surface area (Å²) >= 11 is 8.03. The number of carbonyl (C=O) groups is 1. The summed E-state index contributed by atoms with van der Waals surface area (Å²) < 4.78 is 27.6. The van der Waals surface area contributed by atoms with Gasteiger partial charge in [-0.1, -0.05) is 24.1 Å². The highest BCUT2D eigenvalue weighted by Crippen LogP contribution is 2.36. The van der Waals surface area contributed by atoms with Gasteiger partial charge in [-0.15, -0.1) is 11.3 Å². The molecule has 3 heterocycles. The highest BCUT2D eigenvalue weighted by molar-refractivity contribution is 7.89. The summed E-state index contributed by atoms with van der Waals surface area (Å²) in [7, 11) is -3.60. The topological polar surface area (TPSA) is 69.7 Å². The van der Waals surface area contributed by atoms with Gasteiger partial charge >= 0.3 is 0 Å². The number of amides is 1. The minimum Gasteiger partial charge on any atom is -0.323 e. The monoisotopic (exact) mass is 481 g/mol. The van der Waals surface area contributed by atoms with E-state index in [9.17, 15) is 13.2 Å². The Morgan fingerprint density at radius 3 is 2.65 bits per heavy atom. The van der Waals surface area contributed by atoms with Crippen LogP contribution in [0.4, 0.5) is 5.69 Å². The van der Waals surface area contributed by atoms with Crippen molar-refractivity contribution in [3.63, 3.8) is 0 Å². The number of hydrogen-bond acceptors (Lipinski definition) is 5. The second kappa shape index (κ2) is 9.58. The molecule has 1 N–H and O–H groups in total. The summed E-state index contributed by atoms with van der Waals surface area (Å²) in [4.78, 5) is 16.7. The molecule has 0 unspecified atom stereocenters. The van der Waals surface area contributed by atoms with Crippen molar-refractivity contribution in [1.82, 2.24) is 9.21 Å². The normalized spacial score (nSPS) is 21.8. The summed E-state index contributed by atoms with van der Waals surface area (Å²) in [5.74, 6) is -0.183. The van der Waals surface area contributed by atoms with Crippen LogP contribution in [0.3, 0.4) is 0 Å². The Balaban J connectivity index is 1.51. The van der Waals surface area contributed by atoms with E-state index in [1.54, 1.807) is 17.4 Å². The van der Waals surface area contributed by atoms with Crippen LogP contribution in [-0.2, 0) is 14.8 Å². The molecule has 0 radical (unpaired) electrons. The van der Waals surface area contributed by atoms with Crippen molar-refractivity contribution in [2.24, 2.45) is 0 Å². The van der Waals surface area contributed by atoms with E-state index < -0.39 is 10.0 Å². The van der Waals surface area contributed by atoms with Crippen molar-refractivity contribution in [1.29, 1.82) is 0 Å². The smallest absolute Gasteiger partial charge is 0.243 e. The van der Waals surface area contributed by atoms with Crippen LogP contribution in [0.1, 0.15) is 49.9 Å². The molecule has 0 aliphatic carbocycles. The molecule has 168 valence electrons. The zero-order valence-corrected chi connectivity index (χ0v) is 20.0. The molecule has 0 saturated carbocycles. The number of nitrogens with one attached hydrogen (secondary N) is 1. The Morgan fingerprint density at radius 1 is 1.16 bits per heavy atom. The Labute approximate surface area is 193 Å². The minimum atomic E-state index is -3.60. The van der Waals surface area contributed by atoms with Crippen LogP contribution in [0.25, 0.3) is 0 Å². The van der Waals surface area contributed by atoms with E-state index in [2.05, 4.69) is 21.7 Å². The first-order valence-electron chi connectivity index (χ1n) is 10.8. The van der Waals surface area contributed by atoms with Gasteiger partial charge in [-0.3, -0.25) is 9.69 Å². The predicted octanol–water partition coefficient (Wildman–Crippen LogP) is 4.74. The van der Waals surface area contributed by atoms with Gasteiger partial charge in [-0.25, -0.2) is 8.42 Å². The minimum absolute atomic E-state index is 0.166. The lowest BCUT2D eigenvalue weighted by atomic mass is 10.1. The molecule has 31 heavy (non-hydrogen) atoms. The van der Waals surface area contributed by atoms with E-state index in [1.807, 2.05) is 13.0 Å². The maximum Gasteiger partial charge on any atom is 0.243 e. The second-order valence-electron chi connectivity index (χ2n) is 8.18. The van der Waals surface area contributed by atoms with Crippen LogP contribution >= 0.6 is 22.9 Å². The molecule has 2 saturated heterocycles. The average molecular weight is 482 g/mol. The number of nitrogens with zero attached hydrogens (tertiary/aromatic N) is 2. The first kappa shape index (κ1) is 22.7. The number of likely N-dealkylation sites (tertiary alicyclic amines) is 1. The summed E-state index contributed by atoms with van der Waals surface area (Å²) in [6.45, 7) is 3.81. The van der Waals surface area contributed by atoms with Gasteiger partial charge in [0, 0.05) is 24.0 Å². The van der Waals surface area contributed by atoms with E-state index in [1.165, 1.54) is 21.3 Å². The fourth-order valence-electron chi connectivity index (χ4n) is 4.44. The third-order valence-electron chi connectivity index (χ3n) is 6.19. The van der Waals surface area contributed by atoms with Gasteiger partial charge in [0.25, 0.3) is 0 Å². The van der Waals surface area contributed by atoms with E-state index >= 15 is 0 Å². The third kappa shape index (κ3) is 4.83. The average Bonchev–Trinajstić information content (AvgIpc) is 3.47. The van der Waals surface area contributed by atoms with Crippen molar-refractivity contribution < 1.29 is 13.2 Å². The van der Waals surface area contributed by atoms with Crippen LogP contribution in [0, 0.1) is 0 Å². The number of halogens is 1. The summed E-state index contributed by atoms with van der Waals surface area (Å²) in [5, 5.41) is 5.26. The molecule has 6 nitrogen and oxygen atoms in total. The quantitative estimate of drug-likeness (QED) is 0.646. The zero-order valence-electron chi connectivity index (χ0n) is 17.6. The molecular weight excluding hydrogens is 454 g/mol. The maximum atomic E-state index is 13.1. The van der Waals surface area contributed by atoms with Crippen LogP contribution in [-0.4, -0.2) is 49.2 Å². The number of carbonyl (C=O) groups excluding carboxylic acids is 1. The third-order valence-corrected chi connectivity index (χ3v) is 9.39. The molecule has 4 rings (SSSR count). The fraction of sp³-hybridized carbons (Fsp3) is 0.500. The standard InChI is InChI=1S/C22H28ClN3O3S2/c1-16(26-13-5-7-20(26)21-8-6-14-30-21)22(27)24-19-15-17(9-10-18(19)23)31(28,29)25-11-3-2-4-12-25/h6,8-10,14-16,20H,2-5,7,11-13H2,1H3,(H,24,27)/t16-,20-/m1/s1. The van der Waals surface area contributed by atoms with Gasteiger partial charge in [0.2, 0.25) is 15.9 Å². The number of rotatable bonds is 6. The largest absolute Gasteiger partial charge is 0.323 e. The molecule has 2 aliphatic rings. The first-order valence-corrected chi connectivity index (χ1v) is 13.5. The number of hydrogen-bond donors (Lipinski definition) is 1. The van der Waals surface area contributed by atoms with E-state index in [0.29, 0.717) is 23.8 Å². The van der Waals surface area contributed by atoms with E-state index in [0.717, 1.165) is 38.6 Å². The van der Waals surface area contributed by atoms with Crippen LogP contribution in [0.5, 0.6) is 0 Å². The van der Waals surface area contributed by atoms with Crippen molar-refractivity contribution in [2.75, 3.05) is 25.0 Å². The van der Waals surface area contributed by atoms with Gasteiger partial charge in [0.05, 0.1) is 21.6 Å². The first-order chi connectivity index (χ1) is 14.9. The highest BCUT2D eigenvalue weighted by Gasteiger charge is 2.34. The second-order valence-corrected chi connectivity index (χ2v) is 11.5. The van der Waals surface area contributed by atoms with Gasteiger partial charge in [0.15, 0.2) is 0 Å². The molecule has 2 fully saturated rings. The number of benzene rings is 1. The molecular formula is C22H28ClN3O3S2. The van der Waals surface area contributed by atoms with Gasteiger partial charge in [-0.2, -0.15) is 4.31 Å². The van der Waals surface area contributed by atoms with Gasteiger partial charge in [-0.05, 0) is 68.8 Å².